The molecule has 1 heterocycles. The molecule has 0 aromatic heterocycles. The van der Waals surface area contributed by atoms with Gasteiger partial charge >= 0.3 is 16.0 Å². The van der Waals surface area contributed by atoms with Crippen molar-refractivity contribution >= 4 is 16.0 Å². The van der Waals surface area contributed by atoms with E-state index < -0.39 is 14.1 Å². The van der Waals surface area contributed by atoms with Crippen molar-refractivity contribution in [3.05, 3.63) is 29.5 Å². The molecule has 6 nitrogen and oxygen atoms in total. The van der Waals surface area contributed by atoms with E-state index in [0.717, 1.165) is 19.3 Å². The molecule has 1 aromatic rings. The monoisotopic (exact) mass is 355 g/mol. The number of sulfonamides is 1. The molecular formula is C17H25NO5S. The van der Waals surface area contributed by atoms with E-state index >= 15 is 0 Å². The minimum atomic E-state index is -3.89. The van der Waals surface area contributed by atoms with Gasteiger partial charge < -0.3 is 9.94 Å². The third kappa shape index (κ3) is 4.78. The molecule has 2 rings (SSSR count). The maximum Gasteiger partial charge on any atom is 0.327 e. The highest BCUT2D eigenvalue weighted by atomic mass is 32.2. The average molecular weight is 355 g/mol. The molecule has 0 unspecified atom stereocenters. The second kappa shape index (κ2) is 8.09. The number of esters is 1. The molecule has 0 bridgehead atoms. The maximum atomic E-state index is 12.1. The van der Waals surface area contributed by atoms with Crippen LogP contribution in [0.15, 0.2) is 29.2 Å². The highest BCUT2D eigenvalue weighted by Crippen LogP contribution is 2.31. The number of hydrogen-bond acceptors (Lipinski definition) is 5. The number of hydroxylamine groups is 2. The number of benzene rings is 1. The van der Waals surface area contributed by atoms with Crippen molar-refractivity contribution in [1.29, 1.82) is 0 Å². The summed E-state index contributed by atoms with van der Waals surface area (Å²) in [6.45, 7) is 2.35. The molecule has 0 radical (unpaired) electrons. The summed E-state index contributed by atoms with van der Waals surface area (Å²) in [5.41, 5.74) is 0. The third-order valence-corrected chi connectivity index (χ3v) is 6.22. The largest absolute Gasteiger partial charge is 0.616 e. The number of unbranched alkanes of at least 4 members (excludes halogenated alkanes) is 5. The number of hydrogen-bond donors (Lipinski definition) is 0. The predicted octanol–water partition coefficient (Wildman–Crippen LogP) is 3.36. The van der Waals surface area contributed by atoms with Crippen LogP contribution in [0.1, 0.15) is 51.9 Å². The van der Waals surface area contributed by atoms with Gasteiger partial charge in [-0.3, -0.25) is 4.79 Å². The zero-order valence-corrected chi connectivity index (χ0v) is 14.9. The zero-order chi connectivity index (χ0) is 17.6. The van der Waals surface area contributed by atoms with Crippen LogP contribution in [-0.2, 0) is 14.8 Å². The van der Waals surface area contributed by atoms with E-state index in [9.17, 15) is 18.4 Å². The van der Waals surface area contributed by atoms with Gasteiger partial charge in [-0.25, -0.2) is 4.05 Å². The van der Waals surface area contributed by atoms with Crippen molar-refractivity contribution in [1.82, 2.24) is 0 Å². The Kier molecular flexibility index (Phi) is 6.37. The van der Waals surface area contributed by atoms with Crippen LogP contribution in [0.5, 0.6) is 5.75 Å². The maximum absolute atomic E-state index is 12.1. The van der Waals surface area contributed by atoms with Gasteiger partial charge in [0.15, 0.2) is 0 Å². The molecule has 0 saturated carbocycles. The lowest BCUT2D eigenvalue weighted by molar-refractivity contribution is -0.596. The van der Waals surface area contributed by atoms with E-state index in [4.69, 9.17) is 4.74 Å². The highest BCUT2D eigenvalue weighted by Gasteiger charge is 2.47. The Morgan fingerprint density at radius 1 is 1.08 bits per heavy atom. The number of rotatable bonds is 10. The van der Waals surface area contributed by atoms with Gasteiger partial charge in [0.1, 0.15) is 23.7 Å². The second-order valence-electron chi connectivity index (χ2n) is 6.20. The number of ether oxygens (including phenoxy) is 1. The summed E-state index contributed by atoms with van der Waals surface area (Å²) < 4.78 is 28.1. The third-order valence-electron chi connectivity index (χ3n) is 4.11. The molecular weight excluding hydrogens is 330 g/mol. The van der Waals surface area contributed by atoms with Crippen LogP contribution in [0.2, 0.25) is 0 Å². The van der Waals surface area contributed by atoms with Crippen LogP contribution >= 0.6 is 0 Å². The lowest BCUT2D eigenvalue weighted by atomic mass is 10.1. The second-order valence-corrected chi connectivity index (χ2v) is 8.29. The summed E-state index contributed by atoms with van der Waals surface area (Å²) in [6, 6.07) is 5.47. The Balaban J connectivity index is 1.78. The zero-order valence-electron chi connectivity index (χ0n) is 14.1. The smallest absolute Gasteiger partial charge is 0.327 e. The Bertz CT molecular complexity index is 650. The molecule has 1 saturated heterocycles. The Morgan fingerprint density at radius 2 is 1.67 bits per heavy atom. The first-order chi connectivity index (χ1) is 11.4. The lowest BCUT2D eigenvalue weighted by Gasteiger charge is -2.20. The van der Waals surface area contributed by atoms with Crippen molar-refractivity contribution in [3.8, 4) is 5.75 Å². The molecule has 0 amide bonds. The van der Waals surface area contributed by atoms with Crippen LogP contribution < -0.4 is 4.74 Å². The fourth-order valence-corrected chi connectivity index (χ4v) is 3.85. The minimum absolute atomic E-state index is 0.0364. The summed E-state index contributed by atoms with van der Waals surface area (Å²) in [7, 11) is -3.89. The molecule has 1 aromatic carbocycles. The molecule has 0 atom stereocenters. The van der Waals surface area contributed by atoms with E-state index in [1.807, 2.05) is 0 Å². The van der Waals surface area contributed by atoms with Crippen molar-refractivity contribution < 1.29 is 22.0 Å². The van der Waals surface area contributed by atoms with Gasteiger partial charge in [0.2, 0.25) is 0 Å². The number of quaternary nitrogens is 1. The van der Waals surface area contributed by atoms with Crippen LogP contribution in [0.3, 0.4) is 0 Å². The molecule has 24 heavy (non-hydrogen) atoms. The molecule has 1 aliphatic heterocycles. The van der Waals surface area contributed by atoms with Gasteiger partial charge in [0, 0.05) is 6.42 Å². The summed E-state index contributed by atoms with van der Waals surface area (Å²) in [6.07, 6.45) is 6.90. The number of carbonyl (C=O) groups is 1. The highest BCUT2D eigenvalue weighted by molar-refractivity contribution is 7.86. The fraction of sp³-hybridized carbons (Fsp3) is 0.588. The number of nitrogens with zero attached hydrogens (tertiary/aromatic N) is 1. The van der Waals surface area contributed by atoms with Crippen LogP contribution in [-0.4, -0.2) is 31.5 Å². The van der Waals surface area contributed by atoms with Crippen molar-refractivity contribution in [2.24, 2.45) is 0 Å². The molecule has 1 fully saturated rings. The molecule has 1 aliphatic rings. The van der Waals surface area contributed by atoms with E-state index in [1.54, 1.807) is 0 Å². The minimum Gasteiger partial charge on any atom is -0.616 e. The summed E-state index contributed by atoms with van der Waals surface area (Å²) >= 11 is 0. The number of carbonyl (C=O) groups excluding carboxylic acids is 1. The van der Waals surface area contributed by atoms with Crippen molar-refractivity contribution in [3.63, 3.8) is 0 Å². The van der Waals surface area contributed by atoms with Gasteiger partial charge in [-0.2, -0.15) is 8.42 Å². The standard InChI is InChI=1S/C17H25NO5S/c1-2-3-4-5-6-7-8-17(19)23-15-9-11-16(12-10-15)24(21,22)18(20)13-14-18/h9-12H,2-8,13-14H2,1H3. The van der Waals surface area contributed by atoms with Crippen LogP contribution in [0, 0.1) is 5.21 Å². The van der Waals surface area contributed by atoms with Gasteiger partial charge in [0.25, 0.3) is 0 Å². The van der Waals surface area contributed by atoms with Gasteiger partial charge in [0.05, 0.1) is 0 Å². The first-order valence-electron chi connectivity index (χ1n) is 8.53. The van der Waals surface area contributed by atoms with Crippen molar-refractivity contribution in [2.75, 3.05) is 13.1 Å². The van der Waals surface area contributed by atoms with E-state index in [0.29, 0.717) is 12.2 Å². The first-order valence-corrected chi connectivity index (χ1v) is 9.97. The quantitative estimate of drug-likeness (QED) is 0.160. The van der Waals surface area contributed by atoms with Gasteiger partial charge in [-0.05, 0) is 30.7 Å². The Morgan fingerprint density at radius 3 is 2.25 bits per heavy atom. The molecule has 0 spiro atoms. The predicted molar refractivity (Wildman–Crippen MR) is 90.6 cm³/mol. The lowest BCUT2D eigenvalue weighted by Crippen LogP contribution is -2.27. The van der Waals surface area contributed by atoms with E-state index in [2.05, 4.69) is 6.92 Å². The van der Waals surface area contributed by atoms with Crippen LogP contribution in [0.25, 0.3) is 0 Å². The summed E-state index contributed by atoms with van der Waals surface area (Å²) in [5.74, 6) is -0.0208. The fourth-order valence-electron chi connectivity index (χ4n) is 2.43. The van der Waals surface area contributed by atoms with Crippen LogP contribution in [0.4, 0.5) is 0 Å². The Labute approximate surface area is 143 Å². The average Bonchev–Trinajstić information content (AvgIpc) is 3.31. The van der Waals surface area contributed by atoms with Gasteiger partial charge in [-0.1, -0.05) is 39.0 Å². The SMILES string of the molecule is CCCCCCCCC(=O)Oc1ccc(S(=O)(=O)[N+]2([O-])CC2)cc1. The summed E-state index contributed by atoms with van der Waals surface area (Å²) in [4.78, 5) is 11.7. The van der Waals surface area contributed by atoms with Gasteiger partial charge in [-0.15, -0.1) is 0 Å². The van der Waals surface area contributed by atoms with E-state index in [1.165, 1.54) is 43.5 Å². The molecule has 0 N–H and O–H groups in total. The molecule has 0 aliphatic carbocycles. The molecule has 134 valence electrons. The topological polar surface area (TPSA) is 83.5 Å². The molecule has 7 heteroatoms. The normalized spacial score (nSPS) is 15.9. The van der Waals surface area contributed by atoms with Crippen molar-refractivity contribution in [2.45, 2.75) is 56.8 Å². The summed E-state index contributed by atoms with van der Waals surface area (Å²) in [5, 5.41) is 11.8. The first kappa shape index (κ1) is 18.9. The van der Waals surface area contributed by atoms with E-state index in [-0.39, 0.29) is 24.0 Å². The Hall–Kier alpha value is -1.44.